The van der Waals surface area contributed by atoms with Gasteiger partial charge in [0.05, 0.1) is 33.8 Å². The highest BCUT2D eigenvalue weighted by atomic mass is 32.2. The number of ether oxygens (including phenoxy) is 1. The Balaban J connectivity index is 1.56. The van der Waals surface area contributed by atoms with E-state index in [-0.39, 0.29) is 34.3 Å². The molecule has 1 amide bonds. The van der Waals surface area contributed by atoms with Crippen LogP contribution in [0.2, 0.25) is 0 Å². The number of anilines is 3. The van der Waals surface area contributed by atoms with E-state index in [1.807, 2.05) is 12.1 Å². The van der Waals surface area contributed by atoms with Crippen molar-refractivity contribution in [3.63, 3.8) is 0 Å². The van der Waals surface area contributed by atoms with Crippen molar-refractivity contribution in [2.24, 2.45) is 5.92 Å². The number of nitrogens with zero attached hydrogens (tertiary/aromatic N) is 2. The minimum absolute atomic E-state index is 0.0128. The number of halogens is 1. The zero-order chi connectivity index (χ0) is 24.6. The van der Waals surface area contributed by atoms with Gasteiger partial charge in [-0.2, -0.15) is 0 Å². The molecule has 0 atom stereocenters. The van der Waals surface area contributed by atoms with Crippen molar-refractivity contribution in [3.05, 3.63) is 72.2 Å². The number of benzene rings is 2. The van der Waals surface area contributed by atoms with Crippen molar-refractivity contribution in [1.29, 1.82) is 0 Å². The van der Waals surface area contributed by atoms with Crippen molar-refractivity contribution in [3.8, 4) is 0 Å². The summed E-state index contributed by atoms with van der Waals surface area (Å²) in [5.74, 6) is -0.109. The highest BCUT2D eigenvalue weighted by Crippen LogP contribution is 2.39. The molecule has 35 heavy (non-hydrogen) atoms. The van der Waals surface area contributed by atoms with Crippen molar-refractivity contribution in [2.75, 3.05) is 17.3 Å². The Kier molecular flexibility index (Phi) is 6.29. The van der Waals surface area contributed by atoms with E-state index in [2.05, 4.69) is 10.3 Å². The second kappa shape index (κ2) is 9.39. The van der Waals surface area contributed by atoms with E-state index in [4.69, 9.17) is 4.74 Å². The molecule has 0 saturated heterocycles. The summed E-state index contributed by atoms with van der Waals surface area (Å²) in [6.07, 6.45) is 4.87. The Morgan fingerprint density at radius 2 is 1.77 bits per heavy atom. The Bertz CT molecular complexity index is 1350. The number of fused-ring (bicyclic) bond motifs is 2. The lowest BCUT2D eigenvalue weighted by Crippen LogP contribution is -2.38. The minimum atomic E-state index is -3.92. The Morgan fingerprint density at radius 1 is 1.06 bits per heavy atom. The average Bonchev–Trinajstić information content (AvgIpc) is 3.05. The first kappa shape index (κ1) is 23.4. The standard InChI is InChI=1S/C26H26FN3O4S/c1-34-20-8-4-17(5-9-20)26(31)30-16-18-3-2-14-28-25(18)29-23-13-12-22(15-24(23)30)35(32,33)21-10-6-19(27)7-11-21/h2-3,6-7,10-15,17,20H,4-5,8-9,16H2,1H3,(H,28,29). The van der Waals surface area contributed by atoms with Gasteiger partial charge in [0.25, 0.3) is 0 Å². The van der Waals surface area contributed by atoms with Gasteiger partial charge < -0.3 is 15.0 Å². The summed E-state index contributed by atoms with van der Waals surface area (Å²) in [6.45, 7) is 0.270. The maximum Gasteiger partial charge on any atom is 0.230 e. The molecule has 1 N–H and O–H groups in total. The molecule has 1 aliphatic carbocycles. The molecule has 0 bridgehead atoms. The van der Waals surface area contributed by atoms with Gasteiger partial charge in [0.1, 0.15) is 11.6 Å². The van der Waals surface area contributed by atoms with Crippen LogP contribution in [-0.2, 0) is 25.9 Å². The lowest BCUT2D eigenvalue weighted by molar-refractivity contribution is -0.124. The van der Waals surface area contributed by atoms with Crippen LogP contribution in [0.4, 0.5) is 21.6 Å². The van der Waals surface area contributed by atoms with Crippen LogP contribution < -0.4 is 10.2 Å². The minimum Gasteiger partial charge on any atom is -0.381 e. The first-order chi connectivity index (χ1) is 16.9. The van der Waals surface area contributed by atoms with Crippen LogP contribution in [0.1, 0.15) is 31.2 Å². The molecule has 1 aliphatic heterocycles. The third kappa shape index (κ3) is 4.53. The molecule has 0 unspecified atom stereocenters. The van der Waals surface area contributed by atoms with E-state index < -0.39 is 15.7 Å². The SMILES string of the molecule is COC1CCC(C(=O)N2Cc3cccnc3Nc3ccc(S(=O)(=O)c4ccc(F)cc4)cc32)CC1. The number of amides is 1. The van der Waals surface area contributed by atoms with Crippen LogP contribution in [0.5, 0.6) is 0 Å². The van der Waals surface area contributed by atoms with E-state index in [1.54, 1.807) is 24.3 Å². The van der Waals surface area contributed by atoms with Gasteiger partial charge in [0, 0.05) is 24.8 Å². The van der Waals surface area contributed by atoms with Crippen LogP contribution in [0, 0.1) is 11.7 Å². The number of carbonyl (C=O) groups is 1. The van der Waals surface area contributed by atoms with Gasteiger partial charge in [0.2, 0.25) is 15.7 Å². The third-order valence-corrected chi connectivity index (χ3v) is 8.56. The molecule has 3 aromatic rings. The molecule has 182 valence electrons. The van der Waals surface area contributed by atoms with Gasteiger partial charge in [0.15, 0.2) is 0 Å². The summed E-state index contributed by atoms with van der Waals surface area (Å²) in [6, 6.07) is 13.1. The molecule has 1 aromatic heterocycles. The molecule has 0 radical (unpaired) electrons. The molecular formula is C26H26FN3O4S. The fraction of sp³-hybridized carbons (Fsp3) is 0.308. The smallest absolute Gasteiger partial charge is 0.230 e. The number of rotatable bonds is 4. The van der Waals surface area contributed by atoms with Crippen molar-refractivity contribution < 1.29 is 22.3 Å². The molecule has 9 heteroatoms. The van der Waals surface area contributed by atoms with E-state index in [0.717, 1.165) is 30.5 Å². The van der Waals surface area contributed by atoms with E-state index in [9.17, 15) is 17.6 Å². The molecular weight excluding hydrogens is 469 g/mol. The van der Waals surface area contributed by atoms with Gasteiger partial charge in [-0.15, -0.1) is 0 Å². The highest BCUT2D eigenvalue weighted by Gasteiger charge is 2.33. The summed E-state index contributed by atoms with van der Waals surface area (Å²) in [7, 11) is -2.23. The van der Waals surface area contributed by atoms with Crippen LogP contribution >= 0.6 is 0 Å². The van der Waals surface area contributed by atoms with Crippen molar-refractivity contribution in [1.82, 2.24) is 4.98 Å². The number of sulfone groups is 1. The first-order valence-corrected chi connectivity index (χ1v) is 13.0. The van der Waals surface area contributed by atoms with Crippen LogP contribution in [0.25, 0.3) is 0 Å². The summed E-state index contributed by atoms with van der Waals surface area (Å²) < 4.78 is 45.5. The molecule has 5 rings (SSSR count). The molecule has 1 saturated carbocycles. The second-order valence-corrected chi connectivity index (χ2v) is 10.9. The molecule has 2 heterocycles. The lowest BCUT2D eigenvalue weighted by atomic mass is 9.86. The predicted octanol–water partition coefficient (Wildman–Crippen LogP) is 4.85. The Morgan fingerprint density at radius 3 is 2.49 bits per heavy atom. The number of hydrogen-bond acceptors (Lipinski definition) is 6. The van der Waals surface area contributed by atoms with E-state index >= 15 is 0 Å². The lowest BCUT2D eigenvalue weighted by Gasteiger charge is -2.32. The zero-order valence-electron chi connectivity index (χ0n) is 19.3. The van der Waals surface area contributed by atoms with Crippen LogP contribution in [-0.4, -0.2) is 32.5 Å². The maximum atomic E-state index is 13.8. The topological polar surface area (TPSA) is 88.6 Å². The van der Waals surface area contributed by atoms with Gasteiger partial charge >= 0.3 is 0 Å². The Hall–Kier alpha value is -3.30. The van der Waals surface area contributed by atoms with Gasteiger partial charge in [-0.3, -0.25) is 4.79 Å². The second-order valence-electron chi connectivity index (χ2n) is 8.91. The number of nitrogens with one attached hydrogen (secondary N) is 1. The fourth-order valence-electron chi connectivity index (χ4n) is 4.78. The van der Waals surface area contributed by atoms with E-state index in [1.165, 1.54) is 24.3 Å². The molecule has 1 fully saturated rings. The molecule has 2 aliphatic rings. The quantitative estimate of drug-likeness (QED) is 0.521. The zero-order valence-corrected chi connectivity index (χ0v) is 20.1. The monoisotopic (exact) mass is 495 g/mol. The highest BCUT2D eigenvalue weighted by molar-refractivity contribution is 7.91. The summed E-state index contributed by atoms with van der Waals surface area (Å²) in [5.41, 5.74) is 1.91. The third-order valence-electron chi connectivity index (χ3n) is 6.79. The first-order valence-electron chi connectivity index (χ1n) is 11.6. The number of hydrogen-bond donors (Lipinski definition) is 1. The largest absolute Gasteiger partial charge is 0.381 e. The normalized spacial score (nSPS) is 19.8. The number of methoxy groups -OCH3 is 1. The predicted molar refractivity (Wildman–Crippen MR) is 130 cm³/mol. The molecule has 7 nitrogen and oxygen atoms in total. The molecule has 0 spiro atoms. The molecule has 2 aromatic carbocycles. The summed E-state index contributed by atoms with van der Waals surface area (Å²) in [4.78, 5) is 19.9. The van der Waals surface area contributed by atoms with E-state index in [0.29, 0.717) is 30.0 Å². The van der Waals surface area contributed by atoms with Crippen molar-refractivity contribution >= 4 is 32.9 Å². The number of carbonyl (C=O) groups excluding carboxylic acids is 1. The Labute approximate surface area is 203 Å². The maximum absolute atomic E-state index is 13.8. The van der Waals surface area contributed by atoms with Crippen LogP contribution in [0.15, 0.2) is 70.6 Å². The summed E-state index contributed by atoms with van der Waals surface area (Å²) in [5, 5.41) is 3.26. The van der Waals surface area contributed by atoms with Gasteiger partial charge in [-0.25, -0.2) is 17.8 Å². The number of aromatic nitrogens is 1. The van der Waals surface area contributed by atoms with Gasteiger partial charge in [-0.1, -0.05) is 6.07 Å². The van der Waals surface area contributed by atoms with Crippen molar-refractivity contribution in [2.45, 2.75) is 48.1 Å². The van der Waals surface area contributed by atoms with Gasteiger partial charge in [-0.05, 0) is 74.2 Å². The average molecular weight is 496 g/mol. The van der Waals surface area contributed by atoms with Crippen LogP contribution in [0.3, 0.4) is 0 Å². The number of pyridine rings is 1. The summed E-state index contributed by atoms with van der Waals surface area (Å²) >= 11 is 0. The fourth-order valence-corrected chi connectivity index (χ4v) is 6.06.